The second kappa shape index (κ2) is 6.32. The van der Waals surface area contributed by atoms with Crippen LogP contribution in [0.1, 0.15) is 19.3 Å². The van der Waals surface area contributed by atoms with Crippen LogP contribution in [-0.4, -0.2) is 39.7 Å². The molecule has 0 amide bonds. The number of nitrogens with one attached hydrogen (secondary N) is 1. The number of rotatable bonds is 7. The van der Waals surface area contributed by atoms with Crippen molar-refractivity contribution in [2.75, 3.05) is 25.1 Å². The molecule has 0 aromatic heterocycles. The van der Waals surface area contributed by atoms with Crippen LogP contribution >= 0.6 is 0 Å². The van der Waals surface area contributed by atoms with Gasteiger partial charge in [-0.1, -0.05) is 0 Å². The van der Waals surface area contributed by atoms with Gasteiger partial charge < -0.3 is 5.32 Å². The Morgan fingerprint density at radius 1 is 1.13 bits per heavy atom. The largest absolute Gasteiger partial charge is 0.390 e. The summed E-state index contributed by atoms with van der Waals surface area (Å²) < 4.78 is 57.5. The van der Waals surface area contributed by atoms with E-state index in [9.17, 15) is 21.6 Å². The lowest BCUT2D eigenvalue weighted by Gasteiger charge is -2.07. The van der Waals surface area contributed by atoms with Crippen molar-refractivity contribution < 1.29 is 21.6 Å². The van der Waals surface area contributed by atoms with Gasteiger partial charge in [0.15, 0.2) is 9.84 Å². The molecule has 0 unspecified atom stereocenters. The Morgan fingerprint density at radius 2 is 1.73 bits per heavy atom. The zero-order chi connectivity index (χ0) is 11.9. The van der Waals surface area contributed by atoms with Gasteiger partial charge in [-0.15, -0.1) is 0 Å². The summed E-state index contributed by atoms with van der Waals surface area (Å²) in [6.07, 6.45) is -4.58. The Bertz CT molecular complexity index is 262. The Hall–Kier alpha value is -0.300. The van der Waals surface area contributed by atoms with Crippen LogP contribution in [0.15, 0.2) is 0 Å². The molecule has 3 nitrogen and oxygen atoms in total. The van der Waals surface area contributed by atoms with Crippen molar-refractivity contribution in [1.82, 2.24) is 5.32 Å². The zero-order valence-corrected chi connectivity index (χ0v) is 9.42. The monoisotopic (exact) mass is 247 g/mol. The first kappa shape index (κ1) is 14.7. The molecule has 92 valence electrons. The highest BCUT2D eigenvalue weighted by Crippen LogP contribution is 2.20. The van der Waals surface area contributed by atoms with Gasteiger partial charge in [-0.2, -0.15) is 13.2 Å². The molecule has 0 heterocycles. The molecule has 1 N–H and O–H groups in total. The lowest BCUT2D eigenvalue weighted by atomic mass is 10.3. The maximum atomic E-state index is 11.8. The van der Waals surface area contributed by atoms with Crippen molar-refractivity contribution in [3.63, 3.8) is 0 Å². The third-order valence-electron chi connectivity index (χ3n) is 1.83. The van der Waals surface area contributed by atoms with Gasteiger partial charge >= 0.3 is 6.18 Å². The zero-order valence-electron chi connectivity index (χ0n) is 8.60. The summed E-state index contributed by atoms with van der Waals surface area (Å²) in [5.74, 6) is -0.958. The van der Waals surface area contributed by atoms with Gasteiger partial charge in [0.25, 0.3) is 0 Å². The number of alkyl halides is 3. The van der Waals surface area contributed by atoms with Crippen molar-refractivity contribution in [2.24, 2.45) is 0 Å². The van der Waals surface area contributed by atoms with E-state index in [0.717, 1.165) is 0 Å². The fourth-order valence-corrected chi connectivity index (χ4v) is 2.39. The van der Waals surface area contributed by atoms with E-state index in [0.29, 0.717) is 19.4 Å². The molecule has 0 aliphatic rings. The predicted octanol–water partition coefficient (Wildman–Crippen LogP) is 1.35. The SMILES string of the molecule is CNCCCCS(=O)(=O)CCC(F)(F)F. The molecule has 0 saturated carbocycles. The molecule has 15 heavy (non-hydrogen) atoms. The average molecular weight is 247 g/mol. The van der Waals surface area contributed by atoms with E-state index in [1.807, 2.05) is 0 Å². The summed E-state index contributed by atoms with van der Waals surface area (Å²) >= 11 is 0. The Labute approximate surface area is 88.0 Å². The summed E-state index contributed by atoms with van der Waals surface area (Å²) in [4.78, 5) is 0. The molecule has 0 aliphatic heterocycles. The highest BCUT2D eigenvalue weighted by Gasteiger charge is 2.29. The first-order valence-electron chi connectivity index (χ1n) is 4.68. The summed E-state index contributed by atoms with van der Waals surface area (Å²) in [7, 11) is -1.81. The molecule has 0 aromatic carbocycles. The van der Waals surface area contributed by atoms with E-state index in [1.54, 1.807) is 7.05 Å². The van der Waals surface area contributed by atoms with Crippen LogP contribution in [0.5, 0.6) is 0 Å². The smallest absolute Gasteiger partial charge is 0.320 e. The van der Waals surface area contributed by atoms with Crippen molar-refractivity contribution in [1.29, 1.82) is 0 Å². The normalized spacial score (nSPS) is 13.1. The van der Waals surface area contributed by atoms with Crippen molar-refractivity contribution in [2.45, 2.75) is 25.4 Å². The fraction of sp³-hybridized carbons (Fsp3) is 1.00. The molecule has 0 aromatic rings. The van der Waals surface area contributed by atoms with Gasteiger partial charge in [0, 0.05) is 0 Å². The number of halogens is 3. The first-order valence-corrected chi connectivity index (χ1v) is 6.51. The minimum absolute atomic E-state index is 0.162. The molecular formula is C8H16F3NO2S. The van der Waals surface area contributed by atoms with Gasteiger partial charge in [0.05, 0.1) is 17.9 Å². The lowest BCUT2D eigenvalue weighted by Crippen LogP contribution is -2.19. The van der Waals surface area contributed by atoms with Gasteiger partial charge in [-0.25, -0.2) is 8.42 Å². The van der Waals surface area contributed by atoms with Crippen LogP contribution in [0.3, 0.4) is 0 Å². The standard InChI is InChI=1S/C8H16F3NO2S/c1-12-5-2-3-6-15(13,14)7-4-8(9,10)11/h12H,2-7H2,1H3. The van der Waals surface area contributed by atoms with Crippen LogP contribution in [0.25, 0.3) is 0 Å². The van der Waals surface area contributed by atoms with Crippen LogP contribution in [0.4, 0.5) is 13.2 Å². The first-order chi connectivity index (χ1) is 6.77. The van der Waals surface area contributed by atoms with E-state index >= 15 is 0 Å². The summed E-state index contributed by atoms with van der Waals surface area (Å²) in [6, 6.07) is 0. The van der Waals surface area contributed by atoms with E-state index in [-0.39, 0.29) is 5.75 Å². The van der Waals surface area contributed by atoms with E-state index in [4.69, 9.17) is 0 Å². The number of unbranched alkanes of at least 4 members (excludes halogenated alkanes) is 1. The maximum absolute atomic E-state index is 11.8. The van der Waals surface area contributed by atoms with E-state index in [1.165, 1.54) is 0 Å². The van der Waals surface area contributed by atoms with E-state index in [2.05, 4.69) is 5.32 Å². The lowest BCUT2D eigenvalue weighted by molar-refractivity contribution is -0.129. The van der Waals surface area contributed by atoms with Crippen LogP contribution in [-0.2, 0) is 9.84 Å². The van der Waals surface area contributed by atoms with Crippen LogP contribution in [0.2, 0.25) is 0 Å². The predicted molar refractivity (Wildman–Crippen MR) is 52.5 cm³/mol. The third kappa shape index (κ3) is 9.99. The molecular weight excluding hydrogens is 231 g/mol. The van der Waals surface area contributed by atoms with Gasteiger partial charge in [0.1, 0.15) is 0 Å². The molecule has 0 atom stereocenters. The summed E-state index contributed by atoms with van der Waals surface area (Å²) in [5, 5.41) is 2.84. The highest BCUT2D eigenvalue weighted by atomic mass is 32.2. The molecule has 0 fully saturated rings. The van der Waals surface area contributed by atoms with Crippen molar-refractivity contribution in [3.8, 4) is 0 Å². The quantitative estimate of drug-likeness (QED) is 0.691. The van der Waals surface area contributed by atoms with Crippen molar-refractivity contribution in [3.05, 3.63) is 0 Å². The molecule has 0 aliphatic carbocycles. The second-order valence-corrected chi connectivity index (χ2v) is 5.63. The Balaban J connectivity index is 3.78. The van der Waals surface area contributed by atoms with Gasteiger partial charge in [0.2, 0.25) is 0 Å². The molecule has 0 saturated heterocycles. The highest BCUT2D eigenvalue weighted by molar-refractivity contribution is 7.91. The minimum atomic E-state index is -4.39. The molecule has 0 bridgehead atoms. The number of sulfone groups is 1. The average Bonchev–Trinajstić information content (AvgIpc) is 2.09. The topological polar surface area (TPSA) is 46.2 Å². The van der Waals surface area contributed by atoms with Gasteiger partial charge in [-0.3, -0.25) is 0 Å². The van der Waals surface area contributed by atoms with Crippen LogP contribution in [0, 0.1) is 0 Å². The summed E-state index contributed by atoms with van der Waals surface area (Å²) in [6.45, 7) is 0.675. The Kier molecular flexibility index (Phi) is 6.19. The molecule has 0 spiro atoms. The maximum Gasteiger partial charge on any atom is 0.390 e. The second-order valence-electron chi connectivity index (χ2n) is 3.33. The summed E-state index contributed by atoms with van der Waals surface area (Å²) in [5.41, 5.74) is 0. The van der Waals surface area contributed by atoms with Gasteiger partial charge in [-0.05, 0) is 26.4 Å². The third-order valence-corrected chi connectivity index (χ3v) is 3.57. The van der Waals surface area contributed by atoms with E-state index < -0.39 is 28.2 Å². The minimum Gasteiger partial charge on any atom is -0.320 e. The van der Waals surface area contributed by atoms with Crippen molar-refractivity contribution >= 4 is 9.84 Å². The van der Waals surface area contributed by atoms with Crippen LogP contribution < -0.4 is 5.32 Å². The number of hydrogen-bond donors (Lipinski definition) is 1. The number of hydrogen-bond acceptors (Lipinski definition) is 3. The molecule has 0 rings (SSSR count). The molecule has 0 radical (unpaired) electrons. The Morgan fingerprint density at radius 3 is 2.20 bits per heavy atom. The molecule has 7 heteroatoms. The fourth-order valence-electron chi connectivity index (χ4n) is 0.997.